The molecule has 1 aromatic heterocycles. The third-order valence-corrected chi connectivity index (χ3v) is 8.60. The fraction of sp³-hybridized carbons (Fsp3) is 0.458. The van der Waals surface area contributed by atoms with Gasteiger partial charge in [0, 0.05) is 32.4 Å². The summed E-state index contributed by atoms with van der Waals surface area (Å²) in [5, 5.41) is 20.3. The average molecular weight is 535 g/mol. The van der Waals surface area contributed by atoms with Crippen LogP contribution in [-0.2, 0) is 22.2 Å². The van der Waals surface area contributed by atoms with Crippen LogP contribution in [0.1, 0.15) is 35.6 Å². The van der Waals surface area contributed by atoms with Crippen molar-refractivity contribution in [2.24, 2.45) is 0 Å². The van der Waals surface area contributed by atoms with E-state index in [1.54, 1.807) is 12.1 Å². The lowest BCUT2D eigenvalue weighted by Crippen LogP contribution is -2.31. The van der Waals surface area contributed by atoms with Crippen LogP contribution >= 0.6 is 11.8 Å². The molecule has 8 nitrogen and oxygen atoms in total. The standard InChI is InChI=1S/C24H28F2N6O2S2/c1-4-19-20(14-27)22(32-11-5-10-30(2)12-13-32)29-23(21(19)15-28)35-16-17-6-8-18(9-7-17)31(3)36(33,34)24(25)26/h6-9,24H,4-5,10-13,16H2,1-3H3. The molecule has 1 fully saturated rings. The Morgan fingerprint density at radius 1 is 1.11 bits per heavy atom. The second-order valence-corrected chi connectivity index (χ2v) is 11.3. The van der Waals surface area contributed by atoms with Gasteiger partial charge >= 0.3 is 5.76 Å². The summed E-state index contributed by atoms with van der Waals surface area (Å²) in [4.78, 5) is 9.13. The highest BCUT2D eigenvalue weighted by atomic mass is 32.2. The van der Waals surface area contributed by atoms with Crippen LogP contribution < -0.4 is 9.21 Å². The second kappa shape index (κ2) is 11.9. The monoisotopic (exact) mass is 534 g/mol. The first kappa shape index (κ1) is 27.7. The Hall–Kier alpha value is -2.93. The van der Waals surface area contributed by atoms with Crippen molar-refractivity contribution in [3.63, 3.8) is 0 Å². The maximum Gasteiger partial charge on any atom is 0.355 e. The molecule has 2 aromatic rings. The Bertz CT molecular complexity index is 1270. The number of alkyl halides is 2. The lowest BCUT2D eigenvalue weighted by Gasteiger charge is -2.25. The van der Waals surface area contributed by atoms with Crippen molar-refractivity contribution in [1.29, 1.82) is 10.5 Å². The van der Waals surface area contributed by atoms with E-state index in [1.165, 1.54) is 23.9 Å². The molecule has 0 atom stereocenters. The zero-order valence-electron chi connectivity index (χ0n) is 20.4. The number of benzene rings is 1. The van der Waals surface area contributed by atoms with Crippen LogP contribution in [0.3, 0.4) is 0 Å². The molecule has 0 unspecified atom stereocenters. The predicted octanol–water partition coefficient (Wildman–Crippen LogP) is 3.81. The Labute approximate surface area is 215 Å². The number of hydrogen-bond acceptors (Lipinski definition) is 8. The Kier molecular flexibility index (Phi) is 9.12. The van der Waals surface area contributed by atoms with E-state index in [2.05, 4.69) is 29.0 Å². The second-order valence-electron chi connectivity index (χ2n) is 8.42. The lowest BCUT2D eigenvalue weighted by molar-refractivity contribution is 0.234. The summed E-state index contributed by atoms with van der Waals surface area (Å²) in [6, 6.07) is 10.7. The average Bonchev–Trinajstić information content (AvgIpc) is 3.10. The van der Waals surface area contributed by atoms with Gasteiger partial charge in [-0.05, 0) is 49.7 Å². The third-order valence-electron chi connectivity index (χ3n) is 6.13. The highest BCUT2D eigenvalue weighted by Gasteiger charge is 2.29. The van der Waals surface area contributed by atoms with Crippen molar-refractivity contribution in [2.75, 3.05) is 49.5 Å². The molecule has 1 aliphatic heterocycles. The van der Waals surface area contributed by atoms with E-state index < -0.39 is 15.8 Å². The van der Waals surface area contributed by atoms with Crippen molar-refractivity contribution in [1.82, 2.24) is 9.88 Å². The van der Waals surface area contributed by atoms with E-state index in [0.717, 1.165) is 45.2 Å². The van der Waals surface area contributed by atoms with Gasteiger partial charge in [0.1, 0.15) is 23.0 Å². The van der Waals surface area contributed by atoms with Gasteiger partial charge in [0.2, 0.25) is 0 Å². The SMILES string of the molecule is CCc1c(C#N)c(SCc2ccc(N(C)S(=O)(=O)C(F)F)cc2)nc(N2CCCN(C)CC2)c1C#N. The number of rotatable bonds is 8. The first-order valence-electron chi connectivity index (χ1n) is 11.4. The predicted molar refractivity (Wildman–Crippen MR) is 137 cm³/mol. The number of likely N-dealkylation sites (N-methyl/N-ethyl adjacent to an activating group) is 1. The van der Waals surface area contributed by atoms with Crippen molar-refractivity contribution in [3.8, 4) is 12.1 Å². The zero-order chi connectivity index (χ0) is 26.5. The van der Waals surface area contributed by atoms with Gasteiger partial charge in [0.05, 0.1) is 16.8 Å². The van der Waals surface area contributed by atoms with Crippen LogP contribution in [0.15, 0.2) is 29.3 Å². The molecule has 2 heterocycles. The molecule has 1 saturated heterocycles. The third kappa shape index (κ3) is 5.89. The zero-order valence-corrected chi connectivity index (χ0v) is 22.0. The molecule has 192 valence electrons. The van der Waals surface area contributed by atoms with Gasteiger partial charge in [-0.2, -0.15) is 19.3 Å². The van der Waals surface area contributed by atoms with Crippen LogP contribution in [0.4, 0.5) is 20.3 Å². The van der Waals surface area contributed by atoms with Gasteiger partial charge in [0.25, 0.3) is 10.0 Å². The van der Waals surface area contributed by atoms with Crippen LogP contribution in [0.25, 0.3) is 0 Å². The highest BCUT2D eigenvalue weighted by molar-refractivity contribution is 7.98. The van der Waals surface area contributed by atoms with Gasteiger partial charge in [-0.3, -0.25) is 4.31 Å². The molecule has 12 heteroatoms. The maximum atomic E-state index is 12.8. The summed E-state index contributed by atoms with van der Waals surface area (Å²) in [5.74, 6) is -2.48. The molecule has 36 heavy (non-hydrogen) atoms. The van der Waals surface area contributed by atoms with Crippen LogP contribution in [0.2, 0.25) is 0 Å². The quantitative estimate of drug-likeness (QED) is 0.471. The van der Waals surface area contributed by atoms with E-state index in [1.807, 2.05) is 6.92 Å². The van der Waals surface area contributed by atoms with Crippen molar-refractivity contribution < 1.29 is 17.2 Å². The van der Waals surface area contributed by atoms with Gasteiger partial charge < -0.3 is 9.80 Å². The molecule has 0 amide bonds. The largest absolute Gasteiger partial charge is 0.355 e. The minimum absolute atomic E-state index is 0.125. The molecule has 0 bridgehead atoms. The number of nitriles is 2. The summed E-state index contributed by atoms with van der Waals surface area (Å²) >= 11 is 1.35. The fourth-order valence-corrected chi connectivity index (χ4v) is 5.61. The number of halogens is 2. The number of pyridine rings is 1. The lowest BCUT2D eigenvalue weighted by atomic mass is 10.0. The smallest absolute Gasteiger partial charge is 0.354 e. The van der Waals surface area contributed by atoms with E-state index in [0.29, 0.717) is 44.0 Å². The molecule has 0 N–H and O–H groups in total. The van der Waals surface area contributed by atoms with E-state index >= 15 is 0 Å². The topological polar surface area (TPSA) is 104 Å². The fourth-order valence-electron chi connectivity index (χ4n) is 4.00. The van der Waals surface area contributed by atoms with E-state index in [4.69, 9.17) is 4.98 Å². The molecule has 3 rings (SSSR count). The van der Waals surface area contributed by atoms with Gasteiger partial charge in [0.15, 0.2) is 0 Å². The number of sulfonamides is 1. The summed E-state index contributed by atoms with van der Waals surface area (Å²) < 4.78 is 49.7. The number of nitrogens with zero attached hydrogens (tertiary/aromatic N) is 6. The maximum absolute atomic E-state index is 12.8. The van der Waals surface area contributed by atoms with Crippen LogP contribution in [-0.4, -0.2) is 64.3 Å². The number of hydrogen-bond donors (Lipinski definition) is 0. The molecular weight excluding hydrogens is 506 g/mol. The number of aromatic nitrogens is 1. The van der Waals surface area contributed by atoms with Crippen LogP contribution in [0, 0.1) is 22.7 Å². The first-order chi connectivity index (χ1) is 17.1. The highest BCUT2D eigenvalue weighted by Crippen LogP contribution is 2.34. The summed E-state index contributed by atoms with van der Waals surface area (Å²) in [6.45, 7) is 5.21. The Morgan fingerprint density at radius 3 is 2.36 bits per heavy atom. The summed E-state index contributed by atoms with van der Waals surface area (Å²) in [7, 11) is -1.58. The Morgan fingerprint density at radius 2 is 1.78 bits per heavy atom. The van der Waals surface area contributed by atoms with Crippen molar-refractivity contribution >= 4 is 33.3 Å². The van der Waals surface area contributed by atoms with E-state index in [-0.39, 0.29) is 5.69 Å². The molecule has 0 spiro atoms. The van der Waals surface area contributed by atoms with Gasteiger partial charge in [-0.15, -0.1) is 11.8 Å². The van der Waals surface area contributed by atoms with Crippen molar-refractivity contribution in [3.05, 3.63) is 46.5 Å². The molecule has 1 aromatic carbocycles. The summed E-state index contributed by atoms with van der Waals surface area (Å²) in [6.07, 6.45) is 1.46. The summed E-state index contributed by atoms with van der Waals surface area (Å²) in [5.41, 5.74) is 2.43. The van der Waals surface area contributed by atoms with Gasteiger partial charge in [-0.1, -0.05) is 19.1 Å². The number of anilines is 2. The molecular formula is C24H28F2N6O2S2. The molecule has 1 aliphatic rings. The molecule has 0 saturated carbocycles. The van der Waals surface area contributed by atoms with Gasteiger partial charge in [-0.25, -0.2) is 13.4 Å². The Balaban J connectivity index is 1.89. The number of thioether (sulfide) groups is 1. The van der Waals surface area contributed by atoms with Crippen molar-refractivity contribution in [2.45, 2.75) is 36.3 Å². The van der Waals surface area contributed by atoms with Crippen LogP contribution in [0.5, 0.6) is 0 Å². The molecule has 0 radical (unpaired) electrons. The minimum atomic E-state index is -4.73. The van der Waals surface area contributed by atoms with E-state index in [9.17, 15) is 27.7 Å². The minimum Gasteiger partial charge on any atom is -0.354 e. The normalized spacial score (nSPS) is 14.8. The first-order valence-corrected chi connectivity index (χ1v) is 13.9. The molecule has 0 aliphatic carbocycles.